The van der Waals surface area contributed by atoms with Crippen molar-refractivity contribution < 1.29 is 19.0 Å². The molecule has 29 heavy (non-hydrogen) atoms. The number of carbonyl (C=O) groups is 1. The van der Waals surface area contributed by atoms with E-state index in [0.717, 1.165) is 12.1 Å². The Morgan fingerprint density at radius 1 is 1.14 bits per heavy atom. The number of hydrazine groups is 1. The highest BCUT2D eigenvalue weighted by molar-refractivity contribution is 5.99. The van der Waals surface area contributed by atoms with E-state index in [1.165, 1.54) is 21.3 Å². The molecule has 3 rings (SSSR count). The molecule has 0 radical (unpaired) electrons. The maximum atomic E-state index is 13.0. The molecule has 8 heteroatoms. The van der Waals surface area contributed by atoms with E-state index in [-0.39, 0.29) is 5.78 Å². The van der Waals surface area contributed by atoms with Crippen LogP contribution in [0.5, 0.6) is 17.2 Å². The van der Waals surface area contributed by atoms with Crippen molar-refractivity contribution in [3.05, 3.63) is 40.4 Å². The summed E-state index contributed by atoms with van der Waals surface area (Å²) >= 11 is 0. The molecule has 2 aliphatic rings. The SMILES string of the molecule is COc1cc([C@@H]2C(C#N)=C(N)N(N(C)C)C3=C2C(=O)CCC3)cc(OC)c1OC. The highest BCUT2D eigenvalue weighted by atomic mass is 16.5. The van der Waals surface area contributed by atoms with Gasteiger partial charge in [0.05, 0.1) is 38.9 Å². The van der Waals surface area contributed by atoms with Crippen LogP contribution in [0, 0.1) is 11.3 Å². The monoisotopic (exact) mass is 398 g/mol. The van der Waals surface area contributed by atoms with Crippen LogP contribution in [0.25, 0.3) is 0 Å². The summed E-state index contributed by atoms with van der Waals surface area (Å²) in [5.74, 6) is 1.12. The van der Waals surface area contributed by atoms with Crippen molar-refractivity contribution in [2.24, 2.45) is 5.73 Å². The number of hydrogen-bond acceptors (Lipinski definition) is 8. The first-order valence-corrected chi connectivity index (χ1v) is 9.32. The van der Waals surface area contributed by atoms with Gasteiger partial charge in [0.15, 0.2) is 17.3 Å². The van der Waals surface area contributed by atoms with Gasteiger partial charge in [0, 0.05) is 31.8 Å². The molecule has 0 amide bonds. The largest absolute Gasteiger partial charge is 0.493 e. The molecule has 2 N–H and O–H groups in total. The summed E-state index contributed by atoms with van der Waals surface area (Å²) < 4.78 is 16.4. The quantitative estimate of drug-likeness (QED) is 0.806. The van der Waals surface area contributed by atoms with Crippen molar-refractivity contribution in [3.63, 3.8) is 0 Å². The molecular weight excluding hydrogens is 372 g/mol. The lowest BCUT2D eigenvalue weighted by atomic mass is 9.76. The van der Waals surface area contributed by atoms with Crippen molar-refractivity contribution in [2.75, 3.05) is 35.4 Å². The van der Waals surface area contributed by atoms with Gasteiger partial charge in [-0.15, -0.1) is 0 Å². The summed E-state index contributed by atoms with van der Waals surface area (Å²) in [7, 11) is 8.26. The third-order valence-corrected chi connectivity index (χ3v) is 5.31. The molecule has 0 unspecified atom stereocenters. The molecule has 0 saturated carbocycles. The molecule has 1 atom stereocenters. The Labute approximate surface area is 170 Å². The van der Waals surface area contributed by atoms with Crippen molar-refractivity contribution in [1.82, 2.24) is 10.0 Å². The molecule has 154 valence electrons. The van der Waals surface area contributed by atoms with Gasteiger partial charge in [-0.3, -0.25) is 9.80 Å². The van der Waals surface area contributed by atoms with Crippen LogP contribution in [0.3, 0.4) is 0 Å². The minimum absolute atomic E-state index is 0.0251. The number of carbonyl (C=O) groups excluding carboxylic acids is 1. The molecule has 1 aromatic rings. The molecule has 1 aliphatic carbocycles. The van der Waals surface area contributed by atoms with Gasteiger partial charge >= 0.3 is 0 Å². The summed E-state index contributed by atoms with van der Waals surface area (Å²) in [4.78, 5) is 13.0. The zero-order valence-corrected chi connectivity index (χ0v) is 17.4. The van der Waals surface area contributed by atoms with Crippen LogP contribution >= 0.6 is 0 Å². The van der Waals surface area contributed by atoms with Gasteiger partial charge in [0.1, 0.15) is 5.82 Å². The molecule has 0 bridgehead atoms. The van der Waals surface area contributed by atoms with E-state index < -0.39 is 5.92 Å². The molecule has 0 fully saturated rings. The van der Waals surface area contributed by atoms with Gasteiger partial charge in [-0.1, -0.05) is 0 Å². The number of nitrogens with two attached hydrogens (primary N) is 1. The Hall–Kier alpha value is -3.18. The number of allylic oxidation sites excluding steroid dienone is 3. The standard InChI is InChI=1S/C21H26N4O4/c1-24(2)25-14-7-6-8-15(26)19(14)18(13(11-22)21(25)23)12-9-16(27-3)20(29-5)17(10-12)28-4/h9-10,18H,6-8,23H2,1-5H3/t18-/m1/s1. The van der Waals surface area contributed by atoms with Crippen LogP contribution in [-0.4, -0.2) is 51.2 Å². The van der Waals surface area contributed by atoms with Gasteiger partial charge in [-0.05, 0) is 30.5 Å². The Kier molecular flexibility index (Phi) is 5.71. The van der Waals surface area contributed by atoms with E-state index in [2.05, 4.69) is 6.07 Å². The third kappa shape index (κ3) is 3.28. The molecule has 1 aromatic carbocycles. The second-order valence-corrected chi connectivity index (χ2v) is 7.10. The zero-order chi connectivity index (χ0) is 21.3. The predicted molar refractivity (Wildman–Crippen MR) is 107 cm³/mol. The first kappa shape index (κ1) is 20.6. The van der Waals surface area contributed by atoms with Crippen LogP contribution in [-0.2, 0) is 4.79 Å². The second-order valence-electron chi connectivity index (χ2n) is 7.10. The average Bonchev–Trinajstić information content (AvgIpc) is 2.71. The number of methoxy groups -OCH3 is 3. The van der Waals surface area contributed by atoms with Gasteiger partial charge in [0.25, 0.3) is 0 Å². The summed E-state index contributed by atoms with van der Waals surface area (Å²) in [5.41, 5.74) is 8.87. The minimum atomic E-state index is -0.590. The number of rotatable bonds is 5. The van der Waals surface area contributed by atoms with E-state index in [1.807, 2.05) is 14.1 Å². The van der Waals surface area contributed by atoms with Gasteiger partial charge in [0.2, 0.25) is 5.75 Å². The van der Waals surface area contributed by atoms with E-state index in [4.69, 9.17) is 19.9 Å². The molecule has 8 nitrogen and oxygen atoms in total. The van der Waals surface area contributed by atoms with Crippen LogP contribution in [0.1, 0.15) is 30.7 Å². The number of hydrogen-bond donors (Lipinski definition) is 1. The number of ether oxygens (including phenoxy) is 3. The first-order valence-electron chi connectivity index (χ1n) is 9.32. The molecule has 1 heterocycles. The maximum Gasteiger partial charge on any atom is 0.203 e. The first-order chi connectivity index (χ1) is 13.9. The number of benzene rings is 1. The minimum Gasteiger partial charge on any atom is -0.493 e. The second kappa shape index (κ2) is 8.05. The number of nitriles is 1. The summed E-state index contributed by atoms with van der Waals surface area (Å²) in [6.45, 7) is 0. The van der Waals surface area contributed by atoms with Crippen LogP contribution in [0.4, 0.5) is 0 Å². The lowest BCUT2D eigenvalue weighted by Crippen LogP contribution is -2.45. The normalized spacial score (nSPS) is 19.3. The van der Waals surface area contributed by atoms with E-state index in [0.29, 0.717) is 52.6 Å². The van der Waals surface area contributed by atoms with E-state index in [9.17, 15) is 10.1 Å². The number of Topliss-reactive ketones (excluding diaryl/α,β-unsaturated/α-hetero) is 1. The summed E-state index contributed by atoms with van der Waals surface area (Å²) in [5, 5.41) is 13.5. The highest BCUT2D eigenvalue weighted by Gasteiger charge is 2.41. The van der Waals surface area contributed by atoms with Crippen LogP contribution in [0.15, 0.2) is 34.8 Å². The lowest BCUT2D eigenvalue weighted by Gasteiger charge is -2.42. The van der Waals surface area contributed by atoms with E-state index >= 15 is 0 Å². The third-order valence-electron chi connectivity index (χ3n) is 5.31. The Morgan fingerprint density at radius 2 is 1.76 bits per heavy atom. The Balaban J connectivity index is 2.31. The fourth-order valence-electron chi connectivity index (χ4n) is 4.13. The van der Waals surface area contributed by atoms with E-state index in [1.54, 1.807) is 22.2 Å². The molecule has 0 aromatic heterocycles. The smallest absolute Gasteiger partial charge is 0.203 e. The van der Waals surface area contributed by atoms with Crippen LogP contribution in [0.2, 0.25) is 0 Å². The van der Waals surface area contributed by atoms with Crippen molar-refractivity contribution in [2.45, 2.75) is 25.2 Å². The fourth-order valence-corrected chi connectivity index (χ4v) is 4.13. The number of ketones is 1. The van der Waals surface area contributed by atoms with Crippen molar-refractivity contribution in [3.8, 4) is 23.3 Å². The van der Waals surface area contributed by atoms with Crippen LogP contribution < -0.4 is 19.9 Å². The lowest BCUT2D eigenvalue weighted by molar-refractivity contribution is -0.116. The molecule has 0 spiro atoms. The maximum absolute atomic E-state index is 13.0. The molecule has 0 saturated heterocycles. The average molecular weight is 398 g/mol. The van der Waals surface area contributed by atoms with Gasteiger partial charge in [-0.25, -0.2) is 5.01 Å². The fraction of sp³-hybridized carbons (Fsp3) is 0.429. The van der Waals surface area contributed by atoms with Crippen molar-refractivity contribution in [1.29, 1.82) is 5.26 Å². The number of nitrogens with zero attached hydrogens (tertiary/aromatic N) is 3. The zero-order valence-electron chi connectivity index (χ0n) is 17.4. The Bertz CT molecular complexity index is 917. The summed E-state index contributed by atoms with van der Waals surface area (Å²) in [6, 6.07) is 5.78. The molecular formula is C21H26N4O4. The van der Waals surface area contributed by atoms with Gasteiger partial charge in [-0.2, -0.15) is 5.26 Å². The predicted octanol–water partition coefficient (Wildman–Crippen LogP) is 2.29. The Morgan fingerprint density at radius 3 is 2.24 bits per heavy atom. The topological polar surface area (TPSA) is 101 Å². The molecule has 1 aliphatic heterocycles. The highest BCUT2D eigenvalue weighted by Crippen LogP contribution is 2.48. The van der Waals surface area contributed by atoms with Crippen molar-refractivity contribution >= 4 is 5.78 Å². The van der Waals surface area contributed by atoms with Gasteiger partial charge < -0.3 is 19.9 Å². The summed E-state index contributed by atoms with van der Waals surface area (Å²) in [6.07, 6.45) is 1.90.